The van der Waals surface area contributed by atoms with E-state index >= 15 is 0 Å². The number of oxime groups is 1. The van der Waals surface area contributed by atoms with Crippen molar-refractivity contribution in [2.75, 3.05) is 18.6 Å². The van der Waals surface area contributed by atoms with Gasteiger partial charge in [0.2, 0.25) is 0 Å². The monoisotopic (exact) mass is 672 g/mol. The van der Waals surface area contributed by atoms with Gasteiger partial charge in [0.25, 0.3) is 11.8 Å². The molecule has 44 heavy (non-hydrogen) atoms. The Balaban J connectivity index is 1.29. The van der Waals surface area contributed by atoms with Gasteiger partial charge in [0.05, 0.1) is 17.0 Å². The van der Waals surface area contributed by atoms with Crippen LogP contribution in [0.5, 0.6) is 0 Å². The van der Waals surface area contributed by atoms with Crippen molar-refractivity contribution in [3.8, 4) is 0 Å². The molecular weight excluding hydrogens is 649 g/mol. The number of nitrogen functional groups attached to an aromatic ring is 1. The van der Waals surface area contributed by atoms with Crippen molar-refractivity contribution in [1.29, 1.82) is 0 Å². The minimum absolute atomic E-state index is 0.0194. The first kappa shape index (κ1) is 31.2. The minimum atomic E-state index is -1.34. The Labute approximate surface area is 268 Å². The van der Waals surface area contributed by atoms with Crippen LogP contribution < -0.4 is 11.1 Å². The smallest absolute Gasteiger partial charge is 0.353 e. The molecule has 1 saturated heterocycles. The third-order valence-electron chi connectivity index (χ3n) is 6.53. The van der Waals surface area contributed by atoms with E-state index < -0.39 is 35.2 Å². The average molecular weight is 673 g/mol. The largest absolute Gasteiger partial charge is 0.477 e. The van der Waals surface area contributed by atoms with Crippen LogP contribution in [0.25, 0.3) is 0 Å². The number of carboxylic acids is 1. The normalized spacial score (nSPS) is 17.9. The van der Waals surface area contributed by atoms with Crippen LogP contribution in [0.15, 0.2) is 52.1 Å². The molecule has 13 nitrogen and oxygen atoms in total. The van der Waals surface area contributed by atoms with E-state index in [1.807, 2.05) is 30.3 Å². The lowest BCUT2D eigenvalue weighted by Gasteiger charge is -2.49. The standard InChI is InChI=1S/C27H24N6O7S4/c1-12-16(8-17(34)40-9-13-6-4-3-5-7-13)44-23(29-12)21(41)14-10-42-25-19(24(36)33(25)20(14)26(37)38)31-22(35)18(32-39-2)15-11-43-27(28)30-15/h3-7,11,19,25H,8-10H2,1-2H3,(H2,28,30)(H,31,35)(H,37,38)/t19-,25+/m1/s1. The molecule has 0 unspecified atom stereocenters. The fraction of sp³-hybridized carbons (Fsp3) is 0.259. The van der Waals surface area contributed by atoms with Crippen LogP contribution in [0.2, 0.25) is 0 Å². The SMILES string of the molecule is CON=C(C(=O)N[C@@H]1C(=O)N2C(C(=O)O)=C(C(=S)c3nc(C)c(CC(=O)OCc4ccccc4)s3)CS[C@@H]12)c1csc(N)n1. The van der Waals surface area contributed by atoms with E-state index in [1.165, 1.54) is 35.6 Å². The quantitative estimate of drug-likeness (QED) is 0.0675. The summed E-state index contributed by atoms with van der Waals surface area (Å²) in [6.07, 6.45) is -0.0194. The van der Waals surface area contributed by atoms with Gasteiger partial charge in [0, 0.05) is 21.6 Å². The zero-order valence-corrected chi connectivity index (χ0v) is 26.4. The highest BCUT2D eigenvalue weighted by atomic mass is 32.2. The number of amides is 2. The fourth-order valence-electron chi connectivity index (χ4n) is 4.43. The Hall–Kier alpha value is -4.19. The molecule has 0 radical (unpaired) electrons. The number of nitrogens with one attached hydrogen (secondary N) is 1. The Morgan fingerprint density at radius 2 is 2.00 bits per heavy atom. The van der Waals surface area contributed by atoms with Crippen LogP contribution in [-0.4, -0.2) is 78.6 Å². The van der Waals surface area contributed by atoms with Gasteiger partial charge in [0.15, 0.2) is 10.8 Å². The number of fused-ring (bicyclic) bond motifs is 1. The maximum absolute atomic E-state index is 13.2. The molecule has 0 aliphatic carbocycles. The predicted molar refractivity (Wildman–Crippen MR) is 168 cm³/mol. The maximum atomic E-state index is 13.2. The summed E-state index contributed by atoms with van der Waals surface area (Å²) in [5, 5.41) is 17.8. The van der Waals surface area contributed by atoms with Gasteiger partial charge in [-0.1, -0.05) is 47.7 Å². The summed E-state index contributed by atoms with van der Waals surface area (Å²) in [7, 11) is 1.26. The summed E-state index contributed by atoms with van der Waals surface area (Å²) in [5.74, 6) is -2.99. The van der Waals surface area contributed by atoms with Gasteiger partial charge < -0.3 is 25.7 Å². The summed E-state index contributed by atoms with van der Waals surface area (Å²) in [4.78, 5) is 66.3. The first-order valence-corrected chi connectivity index (χ1v) is 16.0. The Bertz CT molecular complexity index is 1720. The third kappa shape index (κ3) is 6.35. The van der Waals surface area contributed by atoms with Crippen molar-refractivity contribution in [1.82, 2.24) is 20.2 Å². The lowest BCUT2D eigenvalue weighted by Crippen LogP contribution is -2.71. The number of anilines is 1. The van der Waals surface area contributed by atoms with E-state index in [9.17, 15) is 24.3 Å². The highest BCUT2D eigenvalue weighted by Crippen LogP contribution is 2.41. The zero-order valence-electron chi connectivity index (χ0n) is 23.1. The van der Waals surface area contributed by atoms with E-state index in [4.69, 9.17) is 27.5 Å². The highest BCUT2D eigenvalue weighted by Gasteiger charge is 2.55. The summed E-state index contributed by atoms with van der Waals surface area (Å²) in [6, 6.07) is 8.27. The number of rotatable bonds is 11. The molecule has 2 amide bonds. The fourth-order valence-corrected chi connectivity index (χ4v) is 7.78. The Kier molecular flexibility index (Phi) is 9.38. The molecule has 0 bridgehead atoms. The molecule has 2 aliphatic rings. The number of aliphatic carboxylic acids is 1. The van der Waals surface area contributed by atoms with Gasteiger partial charge in [-0.2, -0.15) is 0 Å². The van der Waals surface area contributed by atoms with Gasteiger partial charge >= 0.3 is 11.9 Å². The second-order valence-electron chi connectivity index (χ2n) is 9.37. The van der Waals surface area contributed by atoms with Crippen molar-refractivity contribution in [3.05, 3.63) is 73.8 Å². The number of thioether (sulfide) groups is 1. The number of esters is 1. The van der Waals surface area contributed by atoms with Gasteiger partial charge in [-0.05, 0) is 12.5 Å². The van der Waals surface area contributed by atoms with Crippen molar-refractivity contribution >= 4 is 86.1 Å². The number of aromatic nitrogens is 2. The molecule has 5 rings (SSSR count). The van der Waals surface area contributed by atoms with Crippen molar-refractivity contribution in [2.45, 2.75) is 31.4 Å². The minimum Gasteiger partial charge on any atom is -0.477 e. The number of carboxylic acid groups (broad SMARTS) is 1. The number of nitrogens with zero attached hydrogens (tertiary/aromatic N) is 4. The average Bonchev–Trinajstić information content (AvgIpc) is 3.61. The van der Waals surface area contributed by atoms with Crippen LogP contribution in [0.3, 0.4) is 0 Å². The van der Waals surface area contributed by atoms with E-state index in [1.54, 1.807) is 6.92 Å². The van der Waals surface area contributed by atoms with Crippen molar-refractivity contribution in [3.63, 3.8) is 0 Å². The van der Waals surface area contributed by atoms with Crippen LogP contribution in [0.1, 0.15) is 26.8 Å². The summed E-state index contributed by atoms with van der Waals surface area (Å²) >= 11 is 9.18. The van der Waals surface area contributed by atoms with E-state index in [-0.39, 0.29) is 51.5 Å². The third-order valence-corrected chi connectivity index (χ3v) is 10.2. The Morgan fingerprint density at radius 3 is 2.66 bits per heavy atom. The number of thiazole rings is 2. The predicted octanol–water partition coefficient (Wildman–Crippen LogP) is 2.28. The molecule has 0 spiro atoms. The number of aryl methyl sites for hydroxylation is 1. The molecule has 0 saturated carbocycles. The summed E-state index contributed by atoms with van der Waals surface area (Å²) in [6.45, 7) is 1.87. The molecule has 228 valence electrons. The van der Waals surface area contributed by atoms with Crippen LogP contribution in [0.4, 0.5) is 5.13 Å². The van der Waals surface area contributed by atoms with Gasteiger partial charge in [0.1, 0.15) is 41.5 Å². The lowest BCUT2D eigenvalue weighted by atomic mass is 10.0. The second-order valence-corrected chi connectivity index (χ2v) is 12.9. The molecule has 1 fully saturated rings. The van der Waals surface area contributed by atoms with Crippen molar-refractivity contribution in [2.24, 2.45) is 5.16 Å². The van der Waals surface area contributed by atoms with E-state index in [2.05, 4.69) is 20.4 Å². The number of carbonyl (C=O) groups excluding carboxylic acids is 3. The number of carbonyl (C=O) groups is 4. The van der Waals surface area contributed by atoms with Gasteiger partial charge in [-0.3, -0.25) is 19.3 Å². The number of ether oxygens (including phenoxy) is 1. The van der Waals surface area contributed by atoms with E-state index in [0.717, 1.165) is 21.8 Å². The number of β-lactam (4-membered cyclic amide) rings is 1. The number of benzene rings is 1. The molecule has 17 heteroatoms. The number of hydrogen-bond acceptors (Lipinski definition) is 14. The maximum Gasteiger partial charge on any atom is 0.353 e. The highest BCUT2D eigenvalue weighted by molar-refractivity contribution is 8.00. The molecular formula is C27H24N6O7S4. The zero-order chi connectivity index (χ0) is 31.5. The molecule has 1 aromatic carbocycles. The molecule has 2 atom stereocenters. The Morgan fingerprint density at radius 1 is 1.25 bits per heavy atom. The van der Waals surface area contributed by atoms with Crippen molar-refractivity contribution < 1.29 is 33.9 Å². The number of thiocarbonyl (C=S) groups is 1. The van der Waals surface area contributed by atoms with Crippen LogP contribution in [0, 0.1) is 6.92 Å². The molecule has 4 N–H and O–H groups in total. The lowest BCUT2D eigenvalue weighted by molar-refractivity contribution is -0.150. The molecule has 2 aromatic heterocycles. The van der Waals surface area contributed by atoms with E-state index in [0.29, 0.717) is 15.6 Å². The van der Waals surface area contributed by atoms with Crippen LogP contribution >= 0.6 is 46.7 Å². The second kappa shape index (κ2) is 13.2. The van der Waals surface area contributed by atoms with Crippen LogP contribution in [-0.2, 0) is 41.8 Å². The summed E-state index contributed by atoms with van der Waals surface area (Å²) in [5.41, 5.74) is 7.07. The number of nitrogens with two attached hydrogens (primary N) is 1. The topological polar surface area (TPSA) is 186 Å². The van der Waals surface area contributed by atoms with Gasteiger partial charge in [-0.15, -0.1) is 34.4 Å². The summed E-state index contributed by atoms with van der Waals surface area (Å²) < 4.78 is 5.38. The molecule has 4 heterocycles. The number of hydrogen-bond donors (Lipinski definition) is 3. The van der Waals surface area contributed by atoms with Gasteiger partial charge in [-0.25, -0.2) is 14.8 Å². The molecule has 3 aromatic rings. The molecule has 2 aliphatic heterocycles. The first-order valence-electron chi connectivity index (χ1n) is 12.8. The first-order chi connectivity index (χ1) is 21.1.